The zero-order valence-corrected chi connectivity index (χ0v) is 18.4. The number of aryl methyl sites for hydroxylation is 1. The quantitative estimate of drug-likeness (QED) is 0.602. The third kappa shape index (κ3) is 4.05. The Bertz CT molecular complexity index is 1160. The average molecular weight is 450 g/mol. The summed E-state index contributed by atoms with van der Waals surface area (Å²) in [5.41, 5.74) is 2.31. The lowest BCUT2D eigenvalue weighted by molar-refractivity contribution is -0.123. The minimum atomic E-state index is -0.308. The topological polar surface area (TPSA) is 89.6 Å². The molecular weight excluding hydrogens is 426 g/mol. The summed E-state index contributed by atoms with van der Waals surface area (Å²) in [6, 6.07) is 14.9. The van der Waals surface area contributed by atoms with E-state index < -0.39 is 0 Å². The van der Waals surface area contributed by atoms with Crippen LogP contribution in [-0.4, -0.2) is 23.6 Å². The van der Waals surface area contributed by atoms with Crippen LogP contribution >= 0.6 is 11.3 Å². The van der Waals surface area contributed by atoms with Gasteiger partial charge in [-0.25, -0.2) is 4.98 Å². The largest absolute Gasteiger partial charge is 0.454 e. The first-order valence-electron chi connectivity index (χ1n) is 10.6. The molecule has 2 unspecified atom stereocenters. The van der Waals surface area contributed by atoms with Crippen LogP contribution in [0.5, 0.6) is 11.5 Å². The third-order valence-corrected chi connectivity index (χ3v) is 6.83. The van der Waals surface area contributed by atoms with Gasteiger partial charge in [0, 0.05) is 10.4 Å². The number of nitrogens with zero attached hydrogens (tertiary/aromatic N) is 1. The number of fused-ring (bicyclic) bond motifs is 2. The lowest BCUT2D eigenvalue weighted by atomic mass is 9.90. The van der Waals surface area contributed by atoms with Crippen LogP contribution in [0.3, 0.4) is 0 Å². The predicted octanol–water partition coefficient (Wildman–Crippen LogP) is 4.42. The van der Waals surface area contributed by atoms with Gasteiger partial charge < -0.3 is 14.8 Å². The zero-order valence-electron chi connectivity index (χ0n) is 17.6. The maximum Gasteiger partial charge on any atom is 0.257 e. The molecule has 7 nitrogen and oxygen atoms in total. The second kappa shape index (κ2) is 8.63. The molecule has 0 saturated carbocycles. The number of rotatable bonds is 5. The predicted molar refractivity (Wildman–Crippen MR) is 121 cm³/mol. The molecular formula is C24H23N3O4S. The summed E-state index contributed by atoms with van der Waals surface area (Å²) in [6.45, 7) is 2.14. The fourth-order valence-electron chi connectivity index (χ4n) is 4.07. The van der Waals surface area contributed by atoms with Crippen LogP contribution in [0, 0.1) is 0 Å². The minimum Gasteiger partial charge on any atom is -0.454 e. The van der Waals surface area contributed by atoms with Crippen molar-refractivity contribution in [2.24, 2.45) is 0 Å². The Morgan fingerprint density at radius 1 is 1.12 bits per heavy atom. The number of anilines is 1. The maximum atomic E-state index is 13.0. The lowest BCUT2D eigenvalue weighted by Gasteiger charge is -2.23. The van der Waals surface area contributed by atoms with Crippen molar-refractivity contribution >= 4 is 28.3 Å². The normalized spacial score (nSPS) is 17.3. The molecule has 2 amide bonds. The number of thiazole rings is 1. The van der Waals surface area contributed by atoms with Gasteiger partial charge in [-0.2, -0.15) is 0 Å². The van der Waals surface area contributed by atoms with E-state index in [4.69, 9.17) is 9.47 Å². The molecule has 0 bridgehead atoms. The third-order valence-electron chi connectivity index (χ3n) is 5.78. The van der Waals surface area contributed by atoms with E-state index in [9.17, 15) is 9.59 Å². The molecule has 0 spiro atoms. The summed E-state index contributed by atoms with van der Waals surface area (Å²) in [5.74, 6) is 0.580. The highest BCUT2D eigenvalue weighted by atomic mass is 32.1. The second-order valence-corrected chi connectivity index (χ2v) is 9.02. The van der Waals surface area contributed by atoms with Gasteiger partial charge in [0.25, 0.3) is 5.91 Å². The Morgan fingerprint density at radius 2 is 1.94 bits per heavy atom. The Kier molecular flexibility index (Phi) is 5.53. The van der Waals surface area contributed by atoms with Crippen molar-refractivity contribution in [3.63, 3.8) is 0 Å². The second-order valence-electron chi connectivity index (χ2n) is 7.94. The van der Waals surface area contributed by atoms with Gasteiger partial charge in [-0.05, 0) is 49.9 Å². The number of carbonyl (C=O) groups is 2. The number of hydrogen-bond donors (Lipinski definition) is 2. The first kappa shape index (κ1) is 20.5. The fraction of sp³-hybridized carbons (Fsp3) is 0.292. The molecule has 2 heterocycles. The fourth-order valence-corrected chi connectivity index (χ4v) is 5.13. The Balaban J connectivity index is 1.30. The summed E-state index contributed by atoms with van der Waals surface area (Å²) >= 11 is 1.44. The van der Waals surface area contributed by atoms with Crippen molar-refractivity contribution in [3.05, 3.63) is 70.2 Å². The highest BCUT2D eigenvalue weighted by Gasteiger charge is 2.31. The van der Waals surface area contributed by atoms with Crippen LogP contribution in [0.25, 0.3) is 0 Å². The molecule has 5 rings (SSSR count). The average Bonchev–Trinajstić information content (AvgIpc) is 3.45. The first-order chi connectivity index (χ1) is 15.6. The highest BCUT2D eigenvalue weighted by molar-refractivity contribution is 7.16. The molecule has 1 aliphatic carbocycles. The summed E-state index contributed by atoms with van der Waals surface area (Å²) in [7, 11) is 0. The van der Waals surface area contributed by atoms with Crippen LogP contribution in [0.15, 0.2) is 48.5 Å². The van der Waals surface area contributed by atoms with Gasteiger partial charge in [0.1, 0.15) is 0 Å². The van der Waals surface area contributed by atoms with E-state index in [0.29, 0.717) is 22.2 Å². The maximum absolute atomic E-state index is 13.0. The lowest BCUT2D eigenvalue weighted by Crippen LogP contribution is -2.33. The van der Waals surface area contributed by atoms with E-state index in [1.807, 2.05) is 37.3 Å². The summed E-state index contributed by atoms with van der Waals surface area (Å²) < 4.78 is 10.6. The standard InChI is InChI=1S/C24H23N3O4S/c1-14(15-6-3-2-4-7-15)25-23(29)17-8-5-9-20-21(17)26-24(32-20)27-22(28)16-10-11-18-19(12-16)31-13-30-18/h2-4,6-7,10-12,14,17H,5,8-9,13H2,1H3,(H,25,29)(H,26,27,28). The Labute approximate surface area is 189 Å². The number of ether oxygens (including phenoxy) is 2. The number of amides is 2. The molecule has 3 aromatic rings. The van der Waals surface area contributed by atoms with Crippen molar-refractivity contribution in [2.45, 2.75) is 38.1 Å². The number of benzene rings is 2. The summed E-state index contributed by atoms with van der Waals surface area (Å²) in [4.78, 5) is 31.5. The van der Waals surface area contributed by atoms with E-state index in [0.717, 1.165) is 35.4 Å². The van der Waals surface area contributed by atoms with Gasteiger partial charge in [0.05, 0.1) is 17.7 Å². The molecule has 2 aromatic carbocycles. The number of aromatic nitrogens is 1. The zero-order chi connectivity index (χ0) is 22.1. The molecule has 1 aliphatic heterocycles. The van der Waals surface area contributed by atoms with Crippen LogP contribution < -0.4 is 20.1 Å². The molecule has 1 aromatic heterocycles. The van der Waals surface area contributed by atoms with Gasteiger partial charge >= 0.3 is 0 Å². The molecule has 2 N–H and O–H groups in total. The molecule has 0 radical (unpaired) electrons. The molecule has 8 heteroatoms. The Hall–Kier alpha value is -3.39. The summed E-state index contributed by atoms with van der Waals surface area (Å²) in [6.07, 6.45) is 2.53. The molecule has 2 aliphatic rings. The van der Waals surface area contributed by atoms with Crippen LogP contribution in [0.2, 0.25) is 0 Å². The monoisotopic (exact) mass is 449 g/mol. The molecule has 0 saturated heterocycles. The van der Waals surface area contributed by atoms with Gasteiger partial charge in [-0.1, -0.05) is 30.3 Å². The Morgan fingerprint density at radius 3 is 2.78 bits per heavy atom. The van der Waals surface area contributed by atoms with Crippen LogP contribution in [0.4, 0.5) is 5.13 Å². The van der Waals surface area contributed by atoms with Gasteiger partial charge in [0.2, 0.25) is 12.7 Å². The minimum absolute atomic E-state index is 0.0266. The van der Waals surface area contributed by atoms with E-state index >= 15 is 0 Å². The van der Waals surface area contributed by atoms with E-state index in [1.54, 1.807) is 18.2 Å². The van der Waals surface area contributed by atoms with Crippen LogP contribution in [0.1, 0.15) is 58.2 Å². The molecule has 2 atom stereocenters. The van der Waals surface area contributed by atoms with E-state index in [2.05, 4.69) is 15.6 Å². The van der Waals surface area contributed by atoms with Crippen molar-refractivity contribution < 1.29 is 19.1 Å². The van der Waals surface area contributed by atoms with Crippen molar-refractivity contribution in [2.75, 3.05) is 12.1 Å². The molecule has 0 fully saturated rings. The van der Waals surface area contributed by atoms with Crippen molar-refractivity contribution in [1.29, 1.82) is 0 Å². The molecule has 32 heavy (non-hydrogen) atoms. The number of carbonyl (C=O) groups excluding carboxylic acids is 2. The van der Waals surface area contributed by atoms with Crippen LogP contribution in [-0.2, 0) is 11.2 Å². The summed E-state index contributed by atoms with van der Waals surface area (Å²) in [5, 5.41) is 6.50. The number of hydrogen-bond acceptors (Lipinski definition) is 6. The van der Waals surface area contributed by atoms with E-state index in [-0.39, 0.29) is 30.6 Å². The van der Waals surface area contributed by atoms with Gasteiger partial charge in [-0.15, -0.1) is 11.3 Å². The highest BCUT2D eigenvalue weighted by Crippen LogP contribution is 2.38. The van der Waals surface area contributed by atoms with E-state index in [1.165, 1.54) is 11.3 Å². The van der Waals surface area contributed by atoms with Gasteiger partial charge in [0.15, 0.2) is 16.6 Å². The first-order valence-corrected chi connectivity index (χ1v) is 11.5. The molecule has 164 valence electrons. The van der Waals surface area contributed by atoms with Crippen molar-refractivity contribution in [1.82, 2.24) is 10.3 Å². The van der Waals surface area contributed by atoms with Crippen molar-refractivity contribution in [3.8, 4) is 11.5 Å². The SMILES string of the molecule is CC(NC(=O)C1CCCc2sc(NC(=O)c3ccc4c(c3)OCO4)nc21)c1ccccc1. The number of nitrogens with one attached hydrogen (secondary N) is 2. The van der Waals surface area contributed by atoms with Gasteiger partial charge in [-0.3, -0.25) is 14.9 Å². The smallest absolute Gasteiger partial charge is 0.257 e.